The van der Waals surface area contributed by atoms with Crippen molar-refractivity contribution < 1.29 is 17.9 Å². The van der Waals surface area contributed by atoms with Gasteiger partial charge in [0.05, 0.1) is 5.75 Å². The van der Waals surface area contributed by atoms with E-state index in [1.807, 2.05) is 6.07 Å². The Balaban J connectivity index is 2.64. The van der Waals surface area contributed by atoms with Gasteiger partial charge in [-0.05, 0) is 33.3 Å². The Morgan fingerprint density at radius 2 is 1.80 bits per heavy atom. The number of carbonyl (C=O) groups excluding carboxylic acids is 1. The van der Waals surface area contributed by atoms with Crippen LogP contribution in [0.5, 0.6) is 0 Å². The molecule has 0 spiro atoms. The van der Waals surface area contributed by atoms with E-state index in [1.54, 1.807) is 45.0 Å². The summed E-state index contributed by atoms with van der Waals surface area (Å²) in [5.41, 5.74) is 0.0207. The van der Waals surface area contributed by atoms with Gasteiger partial charge >= 0.3 is 5.97 Å². The maximum atomic E-state index is 12.0. The smallest absolute Gasteiger partial charge is 0.324 e. The summed E-state index contributed by atoms with van der Waals surface area (Å²) in [5.74, 6) is -0.754. The van der Waals surface area contributed by atoms with Crippen LogP contribution in [0.4, 0.5) is 0 Å². The van der Waals surface area contributed by atoms with E-state index in [1.165, 1.54) is 6.92 Å². The van der Waals surface area contributed by atoms with Crippen LogP contribution in [0.25, 0.3) is 0 Å². The average Bonchev–Trinajstić information content (AvgIpc) is 2.26. The van der Waals surface area contributed by atoms with Gasteiger partial charge in [-0.15, -0.1) is 0 Å². The van der Waals surface area contributed by atoms with E-state index < -0.39 is 27.6 Å². The normalized spacial score (nSPS) is 13.8. The van der Waals surface area contributed by atoms with Crippen LogP contribution >= 0.6 is 0 Å². The lowest BCUT2D eigenvalue weighted by Crippen LogP contribution is -2.42. The second-order valence-corrected chi connectivity index (χ2v) is 7.37. The van der Waals surface area contributed by atoms with Gasteiger partial charge in [0, 0.05) is 0 Å². The molecule has 0 fully saturated rings. The van der Waals surface area contributed by atoms with Crippen LogP contribution in [0.15, 0.2) is 30.3 Å². The fraction of sp³-hybridized carbons (Fsp3) is 0.500. The topological polar surface area (TPSA) is 72.5 Å². The third-order valence-electron chi connectivity index (χ3n) is 2.32. The van der Waals surface area contributed by atoms with Crippen molar-refractivity contribution in [1.82, 2.24) is 4.72 Å². The molecule has 0 heterocycles. The summed E-state index contributed by atoms with van der Waals surface area (Å²) < 4.78 is 31.4. The molecule has 0 aliphatic heterocycles. The van der Waals surface area contributed by atoms with Crippen molar-refractivity contribution in [2.24, 2.45) is 0 Å². The van der Waals surface area contributed by atoms with Crippen LogP contribution in [0, 0.1) is 0 Å². The molecule has 0 saturated carbocycles. The minimum Gasteiger partial charge on any atom is -0.459 e. The van der Waals surface area contributed by atoms with Gasteiger partial charge in [0.15, 0.2) is 0 Å². The van der Waals surface area contributed by atoms with Crippen molar-refractivity contribution in [3.8, 4) is 0 Å². The highest BCUT2D eigenvalue weighted by Gasteiger charge is 2.25. The van der Waals surface area contributed by atoms with Crippen molar-refractivity contribution in [1.29, 1.82) is 0 Å². The number of nitrogens with one attached hydrogen (secondary N) is 1. The second kappa shape index (κ2) is 6.37. The van der Waals surface area contributed by atoms with Gasteiger partial charge in [-0.2, -0.15) is 0 Å². The van der Waals surface area contributed by atoms with Crippen molar-refractivity contribution in [2.75, 3.05) is 0 Å². The van der Waals surface area contributed by atoms with Crippen molar-refractivity contribution in [3.63, 3.8) is 0 Å². The number of benzene rings is 1. The predicted molar refractivity (Wildman–Crippen MR) is 77.5 cm³/mol. The highest BCUT2D eigenvalue weighted by Crippen LogP contribution is 2.10. The molecule has 112 valence electrons. The number of hydrogen-bond donors (Lipinski definition) is 1. The first-order chi connectivity index (χ1) is 9.09. The molecule has 0 amide bonds. The molecule has 1 rings (SSSR count). The molecule has 0 aliphatic carbocycles. The third-order valence-corrected chi connectivity index (χ3v) is 3.74. The Labute approximate surface area is 120 Å². The molecule has 1 N–H and O–H groups in total. The minimum atomic E-state index is -3.59. The summed E-state index contributed by atoms with van der Waals surface area (Å²) in [6, 6.07) is 7.87. The largest absolute Gasteiger partial charge is 0.459 e. The van der Waals surface area contributed by atoms with E-state index in [0.717, 1.165) is 0 Å². The summed E-state index contributed by atoms with van der Waals surface area (Å²) in [5, 5.41) is 0. The van der Waals surface area contributed by atoms with Gasteiger partial charge in [0.2, 0.25) is 10.0 Å². The van der Waals surface area contributed by atoms with Crippen LogP contribution < -0.4 is 4.72 Å². The maximum Gasteiger partial charge on any atom is 0.324 e. The molecule has 5 nitrogen and oxygen atoms in total. The van der Waals surface area contributed by atoms with E-state index in [-0.39, 0.29) is 5.75 Å². The average molecular weight is 299 g/mol. The standard InChI is InChI=1S/C14H21NO4S/c1-11(13(16)19-14(2,3)4)15-20(17,18)10-12-8-6-5-7-9-12/h5-9,11,15H,10H2,1-4H3/t11-/m0/s1. The van der Waals surface area contributed by atoms with Crippen molar-refractivity contribution in [3.05, 3.63) is 35.9 Å². The summed E-state index contributed by atoms with van der Waals surface area (Å²) in [6.45, 7) is 6.67. The zero-order valence-corrected chi connectivity index (χ0v) is 13.0. The molecule has 0 aliphatic rings. The lowest BCUT2D eigenvalue weighted by atomic mass is 10.2. The van der Waals surface area contributed by atoms with Crippen molar-refractivity contribution in [2.45, 2.75) is 45.1 Å². The second-order valence-electron chi connectivity index (χ2n) is 5.62. The molecule has 20 heavy (non-hydrogen) atoms. The minimum absolute atomic E-state index is 0.166. The van der Waals surface area contributed by atoms with Gasteiger partial charge in [-0.1, -0.05) is 30.3 Å². The fourth-order valence-corrected chi connectivity index (χ4v) is 2.89. The number of sulfonamides is 1. The number of ether oxygens (including phenoxy) is 1. The summed E-state index contributed by atoms with van der Waals surface area (Å²) >= 11 is 0. The Kier molecular flexibility index (Phi) is 5.30. The summed E-state index contributed by atoms with van der Waals surface area (Å²) in [4.78, 5) is 11.7. The first-order valence-corrected chi connectivity index (χ1v) is 8.01. The van der Waals surface area contributed by atoms with Gasteiger partial charge < -0.3 is 4.74 Å². The molecule has 0 unspecified atom stereocenters. The third kappa shape index (κ3) is 6.16. The molecule has 0 aromatic heterocycles. The maximum absolute atomic E-state index is 12.0. The number of hydrogen-bond acceptors (Lipinski definition) is 4. The molecule has 0 saturated heterocycles. The van der Waals surface area contributed by atoms with Crippen LogP contribution in [-0.2, 0) is 25.3 Å². The molecule has 0 radical (unpaired) electrons. The zero-order chi connectivity index (χ0) is 15.4. The number of esters is 1. The number of carbonyl (C=O) groups is 1. The monoisotopic (exact) mass is 299 g/mol. The molecular formula is C14H21NO4S. The van der Waals surface area contributed by atoms with Crippen molar-refractivity contribution >= 4 is 16.0 Å². The lowest BCUT2D eigenvalue weighted by molar-refractivity contribution is -0.156. The molecular weight excluding hydrogens is 278 g/mol. The highest BCUT2D eigenvalue weighted by atomic mass is 32.2. The Morgan fingerprint density at radius 1 is 1.25 bits per heavy atom. The van der Waals surface area contributed by atoms with E-state index in [9.17, 15) is 13.2 Å². The Bertz CT molecular complexity index is 546. The number of rotatable bonds is 5. The zero-order valence-electron chi connectivity index (χ0n) is 12.2. The van der Waals surface area contributed by atoms with E-state index in [2.05, 4.69) is 4.72 Å². The summed E-state index contributed by atoms with van der Waals surface area (Å²) in [6.07, 6.45) is 0. The van der Waals surface area contributed by atoms with Crippen LogP contribution in [-0.4, -0.2) is 26.0 Å². The predicted octanol–water partition coefficient (Wildman–Crippen LogP) is 1.84. The molecule has 1 aromatic rings. The van der Waals surface area contributed by atoms with Gasteiger partial charge in [0.25, 0.3) is 0 Å². The molecule has 6 heteroatoms. The Morgan fingerprint density at radius 3 is 2.30 bits per heavy atom. The van der Waals surface area contributed by atoms with E-state index in [0.29, 0.717) is 5.56 Å². The van der Waals surface area contributed by atoms with E-state index >= 15 is 0 Å². The molecule has 1 aromatic carbocycles. The summed E-state index contributed by atoms with van der Waals surface area (Å²) in [7, 11) is -3.59. The SMILES string of the molecule is C[C@H](NS(=O)(=O)Cc1ccccc1)C(=O)OC(C)(C)C. The van der Waals surface area contributed by atoms with E-state index in [4.69, 9.17) is 4.74 Å². The van der Waals surface area contributed by atoms with Crippen LogP contribution in [0.3, 0.4) is 0 Å². The first-order valence-electron chi connectivity index (χ1n) is 6.36. The van der Waals surface area contributed by atoms with Gasteiger partial charge in [-0.25, -0.2) is 13.1 Å². The fourth-order valence-electron chi connectivity index (χ4n) is 1.54. The van der Waals surface area contributed by atoms with Crippen LogP contribution in [0.1, 0.15) is 33.3 Å². The van der Waals surface area contributed by atoms with Crippen LogP contribution in [0.2, 0.25) is 0 Å². The molecule has 1 atom stereocenters. The van der Waals surface area contributed by atoms with Gasteiger partial charge in [0.1, 0.15) is 11.6 Å². The Hall–Kier alpha value is -1.40. The molecule has 0 bridgehead atoms. The highest BCUT2D eigenvalue weighted by molar-refractivity contribution is 7.88. The quantitative estimate of drug-likeness (QED) is 0.842. The first kappa shape index (κ1) is 16.7. The van der Waals surface area contributed by atoms with Gasteiger partial charge in [-0.3, -0.25) is 4.79 Å². The lowest BCUT2D eigenvalue weighted by Gasteiger charge is -2.22.